The van der Waals surface area contributed by atoms with E-state index in [0.717, 1.165) is 6.04 Å². The third kappa shape index (κ3) is 6.42. The maximum Gasteiger partial charge on any atom is 0.00955 e. The van der Waals surface area contributed by atoms with Gasteiger partial charge in [0.05, 0.1) is 0 Å². The second-order valence-electron chi connectivity index (χ2n) is 3.21. The smallest absolute Gasteiger partial charge is 0.00955 e. The zero-order valence-electron chi connectivity index (χ0n) is 11.3. The fourth-order valence-electron chi connectivity index (χ4n) is 1.97. The Balaban J connectivity index is 0. The van der Waals surface area contributed by atoms with Crippen LogP contribution in [0.5, 0.6) is 0 Å². The van der Waals surface area contributed by atoms with E-state index >= 15 is 0 Å². The number of rotatable bonds is 3. The van der Waals surface area contributed by atoms with E-state index in [2.05, 4.69) is 18.7 Å². The van der Waals surface area contributed by atoms with Gasteiger partial charge in [-0.2, -0.15) is 0 Å². The topological polar surface area (TPSA) is 3.24 Å². The predicted octanol–water partition coefficient (Wildman–Crippen LogP) is 4.32. The first-order chi connectivity index (χ1) is 6.88. The molecule has 0 aromatic rings. The summed E-state index contributed by atoms with van der Waals surface area (Å²) in [7, 11) is 0. The lowest BCUT2D eigenvalue weighted by Crippen LogP contribution is -2.28. The van der Waals surface area contributed by atoms with Crippen LogP contribution in [0.3, 0.4) is 0 Å². The summed E-state index contributed by atoms with van der Waals surface area (Å²) in [5.74, 6) is 0. The Labute approximate surface area is 91.9 Å². The molecule has 1 rings (SSSR count). The quantitative estimate of drug-likeness (QED) is 0.657. The lowest BCUT2D eigenvalue weighted by molar-refractivity contribution is 0.254. The van der Waals surface area contributed by atoms with Crippen LogP contribution in [-0.4, -0.2) is 24.0 Å². The van der Waals surface area contributed by atoms with E-state index in [0.29, 0.717) is 0 Å². The second-order valence-corrected chi connectivity index (χ2v) is 3.21. The van der Waals surface area contributed by atoms with Gasteiger partial charge in [0.2, 0.25) is 0 Å². The van der Waals surface area contributed by atoms with E-state index in [1.165, 1.54) is 38.8 Å². The normalized spacial score (nSPS) is 20.6. The highest BCUT2D eigenvalue weighted by Crippen LogP contribution is 2.20. The van der Waals surface area contributed by atoms with Crippen LogP contribution in [0, 0.1) is 0 Å². The van der Waals surface area contributed by atoms with Crippen molar-refractivity contribution >= 4 is 0 Å². The van der Waals surface area contributed by atoms with Gasteiger partial charge in [0.25, 0.3) is 0 Å². The minimum Gasteiger partial charge on any atom is -0.301 e. The van der Waals surface area contributed by atoms with Gasteiger partial charge in [-0.15, -0.1) is 0 Å². The molecule has 0 spiro atoms. The molecule has 1 heterocycles. The Morgan fingerprint density at radius 1 is 1.07 bits per heavy atom. The molecular formula is C13H31N. The Hall–Kier alpha value is -0.0400. The van der Waals surface area contributed by atoms with Crippen LogP contribution < -0.4 is 0 Å². The van der Waals surface area contributed by atoms with Crippen molar-refractivity contribution in [3.8, 4) is 0 Å². The molecule has 1 aliphatic rings. The highest BCUT2D eigenvalue weighted by Gasteiger charge is 2.21. The van der Waals surface area contributed by atoms with Crippen molar-refractivity contribution in [1.82, 2.24) is 4.90 Å². The van der Waals surface area contributed by atoms with Gasteiger partial charge in [0.1, 0.15) is 0 Å². The van der Waals surface area contributed by atoms with E-state index in [1.807, 2.05) is 27.7 Å². The first kappa shape index (κ1) is 16.4. The van der Waals surface area contributed by atoms with Gasteiger partial charge in [0.15, 0.2) is 0 Å². The molecule has 0 aromatic heterocycles. The van der Waals surface area contributed by atoms with E-state index in [4.69, 9.17) is 0 Å². The minimum absolute atomic E-state index is 0.926. The molecule has 0 aliphatic carbocycles. The lowest BCUT2D eigenvalue weighted by atomic mass is 10.1. The van der Waals surface area contributed by atoms with Gasteiger partial charge in [-0.3, -0.25) is 0 Å². The van der Waals surface area contributed by atoms with Crippen LogP contribution in [0.1, 0.15) is 67.2 Å². The highest BCUT2D eigenvalue weighted by molar-refractivity contribution is 4.77. The highest BCUT2D eigenvalue weighted by atomic mass is 15.2. The summed E-state index contributed by atoms with van der Waals surface area (Å²) in [5, 5.41) is 0. The summed E-state index contributed by atoms with van der Waals surface area (Å²) in [6.07, 6.45) is 5.63. The summed E-state index contributed by atoms with van der Waals surface area (Å²) in [6, 6.07) is 0.926. The monoisotopic (exact) mass is 201 g/mol. The van der Waals surface area contributed by atoms with Crippen molar-refractivity contribution in [1.29, 1.82) is 0 Å². The molecule has 0 amide bonds. The molecule has 0 saturated carbocycles. The summed E-state index contributed by atoms with van der Waals surface area (Å²) < 4.78 is 0. The summed E-state index contributed by atoms with van der Waals surface area (Å²) in [4.78, 5) is 2.61. The van der Waals surface area contributed by atoms with E-state index < -0.39 is 0 Å². The maximum atomic E-state index is 2.61. The summed E-state index contributed by atoms with van der Waals surface area (Å²) >= 11 is 0. The molecule has 1 fully saturated rings. The van der Waals surface area contributed by atoms with E-state index in [-0.39, 0.29) is 0 Å². The van der Waals surface area contributed by atoms with Crippen LogP contribution in [0.4, 0.5) is 0 Å². The lowest BCUT2D eigenvalue weighted by Gasteiger charge is -2.21. The third-order valence-corrected chi connectivity index (χ3v) is 2.53. The molecular weight excluding hydrogens is 170 g/mol. The number of nitrogens with zero attached hydrogens (tertiary/aromatic N) is 1. The van der Waals surface area contributed by atoms with Gasteiger partial charge in [-0.05, 0) is 32.4 Å². The number of hydrogen-bond acceptors (Lipinski definition) is 1. The third-order valence-electron chi connectivity index (χ3n) is 2.53. The molecule has 14 heavy (non-hydrogen) atoms. The standard InChI is InChI=1S/C9H19N.2C2H6/c1-3-6-9-7-5-8-10(9)4-2;2*1-2/h9H,3-8H2,1-2H3;2*1-2H3. The van der Waals surface area contributed by atoms with Crippen molar-refractivity contribution < 1.29 is 0 Å². The van der Waals surface area contributed by atoms with E-state index in [1.54, 1.807) is 0 Å². The average molecular weight is 201 g/mol. The molecule has 0 N–H and O–H groups in total. The van der Waals surface area contributed by atoms with Crippen molar-refractivity contribution in [3.05, 3.63) is 0 Å². The van der Waals surface area contributed by atoms with Crippen molar-refractivity contribution in [2.45, 2.75) is 73.3 Å². The molecule has 88 valence electrons. The number of hydrogen-bond donors (Lipinski definition) is 0. The van der Waals surface area contributed by atoms with Crippen LogP contribution in [0.25, 0.3) is 0 Å². The van der Waals surface area contributed by atoms with Gasteiger partial charge >= 0.3 is 0 Å². The average Bonchev–Trinajstić information content (AvgIpc) is 2.72. The number of likely N-dealkylation sites (tertiary alicyclic amines) is 1. The molecule has 0 radical (unpaired) electrons. The SMILES string of the molecule is CC.CC.CCCC1CCCN1CC. The molecule has 1 heteroatoms. The first-order valence-electron chi connectivity index (χ1n) is 6.62. The molecule has 0 aromatic carbocycles. The minimum atomic E-state index is 0.926. The summed E-state index contributed by atoms with van der Waals surface area (Å²) in [5.41, 5.74) is 0. The van der Waals surface area contributed by atoms with Crippen LogP contribution in [0.2, 0.25) is 0 Å². The molecule has 1 aliphatic heterocycles. The Morgan fingerprint density at radius 2 is 1.64 bits per heavy atom. The van der Waals surface area contributed by atoms with Crippen molar-refractivity contribution in [2.75, 3.05) is 13.1 Å². The Morgan fingerprint density at radius 3 is 2.07 bits per heavy atom. The maximum absolute atomic E-state index is 2.61. The van der Waals surface area contributed by atoms with Gasteiger partial charge in [-0.25, -0.2) is 0 Å². The van der Waals surface area contributed by atoms with Gasteiger partial charge in [0, 0.05) is 6.04 Å². The second kappa shape index (κ2) is 13.0. The van der Waals surface area contributed by atoms with Gasteiger partial charge in [-0.1, -0.05) is 48.0 Å². The fourth-order valence-corrected chi connectivity index (χ4v) is 1.97. The van der Waals surface area contributed by atoms with E-state index in [9.17, 15) is 0 Å². The zero-order valence-corrected chi connectivity index (χ0v) is 11.3. The molecule has 1 saturated heterocycles. The summed E-state index contributed by atoms with van der Waals surface area (Å²) in [6.45, 7) is 15.2. The Bertz CT molecular complexity index is 91.2. The van der Waals surface area contributed by atoms with Crippen molar-refractivity contribution in [3.63, 3.8) is 0 Å². The first-order valence-corrected chi connectivity index (χ1v) is 6.62. The zero-order chi connectivity index (χ0) is 11.4. The molecule has 1 atom stereocenters. The van der Waals surface area contributed by atoms with Gasteiger partial charge < -0.3 is 4.90 Å². The molecule has 0 bridgehead atoms. The largest absolute Gasteiger partial charge is 0.301 e. The predicted molar refractivity (Wildman–Crippen MR) is 67.9 cm³/mol. The van der Waals surface area contributed by atoms with Crippen LogP contribution >= 0.6 is 0 Å². The van der Waals surface area contributed by atoms with Crippen molar-refractivity contribution in [2.24, 2.45) is 0 Å². The fraction of sp³-hybridized carbons (Fsp3) is 1.00. The molecule has 1 unspecified atom stereocenters. The Kier molecular flexibility index (Phi) is 15.2. The van der Waals surface area contributed by atoms with Crippen LogP contribution in [0.15, 0.2) is 0 Å². The van der Waals surface area contributed by atoms with Crippen LogP contribution in [-0.2, 0) is 0 Å². The molecule has 1 nitrogen and oxygen atoms in total.